The van der Waals surface area contributed by atoms with Crippen LogP contribution < -0.4 is 0 Å². The molecule has 2 fully saturated rings. The highest BCUT2D eigenvalue weighted by molar-refractivity contribution is 6.70. The standard InChI is InChI=1S/C49H98O8Si4/c1-15-41(54-58(3,4)5)46(55-59(6,7)8)31-28-24-25-29-33-48(57-61(12,13)14)45-37-35-43(53-45)42-34-36-44(52-42)47(56-60(9,10)11)32-27-23-21-19-17-16-18-20-22-26-30-40-38-39(2)51-49(40)50/h38-39,41-48H,15-37H2,1-14H3/t39-,41-,42+,43+,44+,45+,46+,47+,48-/m0/s1. The van der Waals surface area contributed by atoms with Gasteiger partial charge in [-0.25, -0.2) is 4.79 Å². The number of carbonyl (C=O) groups excluding carboxylic acids is 1. The van der Waals surface area contributed by atoms with E-state index in [9.17, 15) is 4.79 Å². The molecule has 0 radical (unpaired) electrons. The van der Waals surface area contributed by atoms with Crippen molar-refractivity contribution in [1.82, 2.24) is 0 Å². The van der Waals surface area contributed by atoms with Crippen LogP contribution in [0.3, 0.4) is 0 Å². The molecule has 0 aromatic carbocycles. The fourth-order valence-corrected chi connectivity index (χ4v) is 14.4. The van der Waals surface area contributed by atoms with E-state index >= 15 is 0 Å². The summed E-state index contributed by atoms with van der Waals surface area (Å²) in [6.45, 7) is 31.9. The van der Waals surface area contributed by atoms with E-state index in [0.29, 0.717) is 0 Å². The lowest BCUT2D eigenvalue weighted by atomic mass is 10.00. The van der Waals surface area contributed by atoms with Crippen molar-refractivity contribution in [2.75, 3.05) is 0 Å². The largest absolute Gasteiger partial charge is 0.455 e. The Morgan fingerprint density at radius 2 is 0.902 bits per heavy atom. The predicted molar refractivity (Wildman–Crippen MR) is 266 cm³/mol. The van der Waals surface area contributed by atoms with Gasteiger partial charge in [0.05, 0.1) is 48.8 Å². The van der Waals surface area contributed by atoms with E-state index in [1.165, 1.54) is 83.5 Å². The maximum atomic E-state index is 11.8. The van der Waals surface area contributed by atoms with Crippen LogP contribution in [0.1, 0.15) is 162 Å². The van der Waals surface area contributed by atoms with Crippen LogP contribution in [0.4, 0.5) is 0 Å². The highest BCUT2D eigenvalue weighted by Crippen LogP contribution is 2.37. The molecule has 61 heavy (non-hydrogen) atoms. The van der Waals surface area contributed by atoms with Crippen molar-refractivity contribution in [3.8, 4) is 0 Å². The number of unbranched alkanes of at least 4 members (excludes halogenated alkanes) is 12. The van der Waals surface area contributed by atoms with Gasteiger partial charge in [0.1, 0.15) is 6.10 Å². The molecule has 0 unspecified atom stereocenters. The van der Waals surface area contributed by atoms with Gasteiger partial charge in [0.25, 0.3) is 0 Å². The Labute approximate surface area is 381 Å². The summed E-state index contributed by atoms with van der Waals surface area (Å²) in [6, 6.07) is 0. The number of ether oxygens (including phenoxy) is 3. The molecule has 0 N–H and O–H groups in total. The van der Waals surface area contributed by atoms with Crippen LogP contribution in [0.5, 0.6) is 0 Å². The maximum absolute atomic E-state index is 11.8. The third-order valence-corrected chi connectivity index (χ3v) is 16.2. The van der Waals surface area contributed by atoms with Gasteiger partial charge in [0.2, 0.25) is 0 Å². The monoisotopic (exact) mass is 927 g/mol. The molecule has 0 spiro atoms. The molecule has 358 valence electrons. The summed E-state index contributed by atoms with van der Waals surface area (Å²) in [5.74, 6) is -0.106. The molecular weight excluding hydrogens is 829 g/mol. The molecule has 0 aliphatic carbocycles. The fourth-order valence-electron chi connectivity index (χ4n) is 9.61. The fraction of sp³-hybridized carbons (Fsp3) is 0.939. The Balaban J connectivity index is 1.38. The van der Waals surface area contributed by atoms with Crippen molar-refractivity contribution in [3.63, 3.8) is 0 Å². The van der Waals surface area contributed by atoms with Gasteiger partial charge in [-0.1, -0.05) is 90.4 Å². The van der Waals surface area contributed by atoms with E-state index in [1.54, 1.807) is 0 Å². The minimum absolute atomic E-state index is 0.0455. The number of esters is 1. The van der Waals surface area contributed by atoms with E-state index in [2.05, 4.69) is 85.5 Å². The van der Waals surface area contributed by atoms with Crippen molar-refractivity contribution < 1.29 is 36.7 Å². The van der Waals surface area contributed by atoms with E-state index < -0.39 is 33.3 Å². The quantitative estimate of drug-likeness (QED) is 0.0366. The molecule has 8 nitrogen and oxygen atoms in total. The van der Waals surface area contributed by atoms with Gasteiger partial charge in [-0.05, 0) is 156 Å². The first-order valence-electron chi connectivity index (χ1n) is 25.5. The Bertz CT molecular complexity index is 1250. The summed E-state index contributed by atoms with van der Waals surface area (Å²) < 4.78 is 46.1. The topological polar surface area (TPSA) is 81.7 Å². The third kappa shape index (κ3) is 23.7. The van der Waals surface area contributed by atoms with Gasteiger partial charge < -0.3 is 31.9 Å². The van der Waals surface area contributed by atoms with Gasteiger partial charge >= 0.3 is 5.97 Å². The molecule has 3 aliphatic rings. The van der Waals surface area contributed by atoms with Crippen LogP contribution in [0, 0.1) is 0 Å². The average Bonchev–Trinajstić information content (AvgIpc) is 3.89. The zero-order valence-corrected chi connectivity index (χ0v) is 46.3. The summed E-state index contributed by atoms with van der Waals surface area (Å²) in [6.07, 6.45) is 30.3. The number of hydrogen-bond donors (Lipinski definition) is 0. The highest BCUT2D eigenvalue weighted by Gasteiger charge is 2.43. The molecule has 3 rings (SSSR count). The van der Waals surface area contributed by atoms with Crippen LogP contribution in [0.25, 0.3) is 0 Å². The summed E-state index contributed by atoms with van der Waals surface area (Å²) in [5.41, 5.74) is 0.882. The molecule has 12 heteroatoms. The van der Waals surface area contributed by atoms with Gasteiger partial charge in [-0.3, -0.25) is 0 Å². The maximum Gasteiger partial charge on any atom is 0.334 e. The zero-order valence-electron chi connectivity index (χ0n) is 42.3. The second-order valence-corrected chi connectivity index (χ2v) is 40.8. The molecule has 9 atom stereocenters. The Kier molecular flexibility index (Phi) is 24.3. The summed E-state index contributed by atoms with van der Waals surface area (Å²) in [5, 5.41) is 0. The number of rotatable bonds is 33. The zero-order chi connectivity index (χ0) is 45.3. The predicted octanol–water partition coefficient (Wildman–Crippen LogP) is 14.3. The van der Waals surface area contributed by atoms with Gasteiger partial charge in [0, 0.05) is 5.57 Å². The minimum atomic E-state index is -1.74. The summed E-state index contributed by atoms with van der Waals surface area (Å²) in [7, 11) is -6.77. The lowest BCUT2D eigenvalue weighted by Gasteiger charge is -2.36. The van der Waals surface area contributed by atoms with Crippen molar-refractivity contribution in [1.29, 1.82) is 0 Å². The van der Waals surface area contributed by atoms with Crippen molar-refractivity contribution >= 4 is 39.2 Å². The van der Waals surface area contributed by atoms with Crippen molar-refractivity contribution in [3.05, 3.63) is 11.6 Å². The van der Waals surface area contributed by atoms with Crippen LogP contribution in [0.15, 0.2) is 11.6 Å². The first kappa shape index (κ1) is 55.2. The number of hydrogen-bond acceptors (Lipinski definition) is 8. The Morgan fingerprint density at radius 3 is 1.28 bits per heavy atom. The molecule has 0 bridgehead atoms. The number of carbonyl (C=O) groups is 1. The van der Waals surface area contributed by atoms with Crippen molar-refractivity contribution in [2.24, 2.45) is 0 Å². The summed E-state index contributed by atoms with van der Waals surface area (Å²) in [4.78, 5) is 11.8. The molecule has 0 saturated carbocycles. The smallest absolute Gasteiger partial charge is 0.334 e. The summed E-state index contributed by atoms with van der Waals surface area (Å²) >= 11 is 0. The minimum Gasteiger partial charge on any atom is -0.455 e. The normalized spacial score (nSPS) is 24.9. The SMILES string of the molecule is CC[C@H](O[Si](C)(C)C)[C@@H](CCCCCC[C@H](O[Si](C)(C)C)[C@H]1CC[C@H]([C@H]2CC[C@H]([C@@H](CCCCCCCCCCCCC3=C[C@H](C)OC3=O)O[Si](C)(C)C)O2)O1)O[Si](C)(C)C. The van der Waals surface area contributed by atoms with E-state index in [-0.39, 0.29) is 60.9 Å². The van der Waals surface area contributed by atoms with Crippen LogP contribution in [-0.2, 0) is 36.7 Å². The molecule has 2 saturated heterocycles. The second-order valence-electron chi connectivity index (χ2n) is 22.9. The van der Waals surface area contributed by atoms with Crippen LogP contribution in [0.2, 0.25) is 78.6 Å². The third-order valence-electron chi connectivity index (χ3n) is 12.2. The van der Waals surface area contributed by atoms with E-state index in [4.69, 9.17) is 31.9 Å². The van der Waals surface area contributed by atoms with Gasteiger partial charge in [-0.15, -0.1) is 0 Å². The van der Waals surface area contributed by atoms with E-state index in [1.807, 2.05) is 13.0 Å². The molecule has 3 heterocycles. The lowest BCUT2D eigenvalue weighted by molar-refractivity contribution is -0.139. The Hall–Kier alpha value is -0.162. The molecule has 0 aromatic rings. The first-order chi connectivity index (χ1) is 28.5. The first-order valence-corrected chi connectivity index (χ1v) is 39.1. The average molecular weight is 928 g/mol. The molecule has 3 aliphatic heterocycles. The van der Waals surface area contributed by atoms with E-state index in [0.717, 1.165) is 69.8 Å². The van der Waals surface area contributed by atoms with Crippen LogP contribution >= 0.6 is 0 Å². The lowest BCUT2D eigenvalue weighted by Crippen LogP contribution is -2.44. The van der Waals surface area contributed by atoms with Gasteiger partial charge in [-0.2, -0.15) is 0 Å². The molecule has 0 amide bonds. The number of cyclic esters (lactones) is 1. The molecule has 0 aromatic heterocycles. The Morgan fingerprint density at radius 1 is 0.525 bits per heavy atom. The van der Waals surface area contributed by atoms with Crippen molar-refractivity contribution in [2.45, 2.75) is 295 Å². The second kappa shape index (κ2) is 26.8. The van der Waals surface area contributed by atoms with Crippen LogP contribution in [-0.4, -0.2) is 94.2 Å². The van der Waals surface area contributed by atoms with Gasteiger partial charge in [0.15, 0.2) is 33.3 Å². The molecular formula is C49H98O8Si4. The highest BCUT2D eigenvalue weighted by atomic mass is 28.4.